The standard InChI is InChI=1S/C12H15N3O4/c1-3-19-8-12(16)14-13-9(2)10-5-4-6-11(7-10)15(17)18/h4-7H,3,8H2,1-2H3,(H,14,16)/b13-9+. The minimum atomic E-state index is -0.482. The van der Waals surface area contributed by atoms with Gasteiger partial charge in [0, 0.05) is 24.3 Å². The molecule has 7 nitrogen and oxygen atoms in total. The first kappa shape index (κ1) is 14.8. The molecule has 0 saturated carbocycles. The van der Waals surface area contributed by atoms with E-state index in [1.165, 1.54) is 12.1 Å². The molecular weight excluding hydrogens is 250 g/mol. The average Bonchev–Trinajstić information content (AvgIpc) is 2.42. The summed E-state index contributed by atoms with van der Waals surface area (Å²) in [4.78, 5) is 21.4. The van der Waals surface area contributed by atoms with Crippen LogP contribution in [0.1, 0.15) is 19.4 Å². The molecule has 1 N–H and O–H groups in total. The van der Waals surface area contributed by atoms with E-state index in [0.29, 0.717) is 17.9 Å². The number of hydrogen-bond donors (Lipinski definition) is 1. The number of carbonyl (C=O) groups is 1. The van der Waals surface area contributed by atoms with Gasteiger partial charge in [0.2, 0.25) is 0 Å². The van der Waals surface area contributed by atoms with Crippen LogP contribution in [-0.4, -0.2) is 29.8 Å². The number of amides is 1. The number of carbonyl (C=O) groups excluding carboxylic acids is 1. The van der Waals surface area contributed by atoms with Crippen LogP contribution in [0.4, 0.5) is 5.69 Å². The quantitative estimate of drug-likeness (QED) is 0.478. The minimum Gasteiger partial charge on any atom is -0.372 e. The predicted octanol–water partition coefficient (Wildman–Crippen LogP) is 1.47. The Labute approximate surface area is 110 Å². The summed E-state index contributed by atoms with van der Waals surface area (Å²) in [6.45, 7) is 3.81. The molecule has 0 fully saturated rings. The number of hydrazone groups is 1. The zero-order valence-electron chi connectivity index (χ0n) is 10.8. The Balaban J connectivity index is 2.71. The van der Waals surface area contributed by atoms with Gasteiger partial charge in [-0.05, 0) is 13.8 Å². The van der Waals surface area contributed by atoms with Gasteiger partial charge in [0.15, 0.2) is 0 Å². The molecule has 7 heteroatoms. The van der Waals surface area contributed by atoms with Crippen LogP contribution in [0, 0.1) is 10.1 Å². The number of nitro benzene ring substituents is 1. The van der Waals surface area contributed by atoms with E-state index in [4.69, 9.17) is 4.74 Å². The highest BCUT2D eigenvalue weighted by Gasteiger charge is 2.07. The normalized spacial score (nSPS) is 11.2. The zero-order valence-corrected chi connectivity index (χ0v) is 10.8. The van der Waals surface area contributed by atoms with Crippen molar-refractivity contribution in [1.29, 1.82) is 0 Å². The Bertz CT molecular complexity index is 500. The van der Waals surface area contributed by atoms with Crippen molar-refractivity contribution in [3.8, 4) is 0 Å². The summed E-state index contributed by atoms with van der Waals surface area (Å²) in [5.74, 6) is -0.369. The number of nitrogens with one attached hydrogen (secondary N) is 1. The van der Waals surface area contributed by atoms with Gasteiger partial charge in [0.05, 0.1) is 10.6 Å². The molecule has 0 bridgehead atoms. The van der Waals surface area contributed by atoms with Crippen LogP contribution in [0.3, 0.4) is 0 Å². The molecule has 1 aromatic rings. The summed E-state index contributed by atoms with van der Waals surface area (Å²) >= 11 is 0. The first-order valence-electron chi connectivity index (χ1n) is 5.70. The maximum Gasteiger partial charge on any atom is 0.270 e. The van der Waals surface area contributed by atoms with Crippen molar-refractivity contribution in [2.24, 2.45) is 5.10 Å². The van der Waals surface area contributed by atoms with E-state index in [2.05, 4.69) is 10.5 Å². The molecule has 0 aliphatic carbocycles. The molecule has 0 aliphatic heterocycles. The summed E-state index contributed by atoms with van der Waals surface area (Å²) in [5, 5.41) is 14.5. The Kier molecular flexibility index (Phi) is 5.62. The number of rotatable bonds is 6. The van der Waals surface area contributed by atoms with Gasteiger partial charge in [-0.3, -0.25) is 14.9 Å². The minimum absolute atomic E-state index is 0.0207. The highest BCUT2D eigenvalue weighted by atomic mass is 16.6. The second-order valence-electron chi connectivity index (χ2n) is 3.68. The highest BCUT2D eigenvalue weighted by Crippen LogP contribution is 2.13. The summed E-state index contributed by atoms with van der Waals surface area (Å²) < 4.78 is 4.91. The highest BCUT2D eigenvalue weighted by molar-refractivity contribution is 5.99. The van der Waals surface area contributed by atoms with Crippen LogP contribution < -0.4 is 5.43 Å². The van der Waals surface area contributed by atoms with E-state index < -0.39 is 4.92 Å². The Morgan fingerprint density at radius 1 is 1.53 bits per heavy atom. The van der Waals surface area contributed by atoms with Gasteiger partial charge >= 0.3 is 0 Å². The molecule has 102 valence electrons. The number of non-ortho nitro benzene ring substituents is 1. The maximum atomic E-state index is 11.3. The Hall–Kier alpha value is -2.28. The smallest absolute Gasteiger partial charge is 0.270 e. The van der Waals surface area contributed by atoms with Crippen molar-refractivity contribution < 1.29 is 14.5 Å². The lowest BCUT2D eigenvalue weighted by molar-refractivity contribution is -0.384. The van der Waals surface area contributed by atoms with Crippen molar-refractivity contribution >= 4 is 17.3 Å². The summed E-state index contributed by atoms with van der Waals surface area (Å²) in [6.07, 6.45) is 0. The third kappa shape index (κ3) is 4.84. The first-order chi connectivity index (χ1) is 9.04. The van der Waals surface area contributed by atoms with Gasteiger partial charge in [-0.1, -0.05) is 12.1 Å². The van der Waals surface area contributed by atoms with Gasteiger partial charge in [-0.2, -0.15) is 5.10 Å². The van der Waals surface area contributed by atoms with Crippen LogP contribution in [0.15, 0.2) is 29.4 Å². The topological polar surface area (TPSA) is 93.8 Å². The summed E-state index contributed by atoms with van der Waals surface area (Å²) in [5.41, 5.74) is 3.35. The molecule has 19 heavy (non-hydrogen) atoms. The molecular formula is C12H15N3O4. The molecule has 0 radical (unpaired) electrons. The fourth-order valence-electron chi connectivity index (χ4n) is 1.28. The number of hydrogen-bond acceptors (Lipinski definition) is 5. The van der Waals surface area contributed by atoms with E-state index in [1.54, 1.807) is 26.0 Å². The molecule has 0 atom stereocenters. The predicted molar refractivity (Wildman–Crippen MR) is 69.9 cm³/mol. The molecule has 0 heterocycles. The molecule has 1 amide bonds. The molecule has 0 unspecified atom stereocenters. The van der Waals surface area contributed by atoms with Gasteiger partial charge in [0.25, 0.3) is 11.6 Å². The summed E-state index contributed by atoms with van der Waals surface area (Å²) in [7, 11) is 0. The van der Waals surface area contributed by atoms with Crippen LogP contribution in [0.25, 0.3) is 0 Å². The molecule has 0 aliphatic rings. The Morgan fingerprint density at radius 3 is 2.89 bits per heavy atom. The molecule has 0 spiro atoms. The maximum absolute atomic E-state index is 11.3. The molecule has 0 saturated heterocycles. The van der Waals surface area contributed by atoms with Crippen molar-refractivity contribution in [3.05, 3.63) is 39.9 Å². The fraction of sp³-hybridized carbons (Fsp3) is 0.333. The van der Waals surface area contributed by atoms with Gasteiger partial charge in [0.1, 0.15) is 6.61 Å². The third-order valence-electron chi connectivity index (χ3n) is 2.26. The monoisotopic (exact) mass is 265 g/mol. The van der Waals surface area contributed by atoms with E-state index in [-0.39, 0.29) is 18.2 Å². The second-order valence-corrected chi connectivity index (χ2v) is 3.68. The number of nitrogens with zero attached hydrogens (tertiary/aromatic N) is 2. The van der Waals surface area contributed by atoms with Crippen LogP contribution in [0.5, 0.6) is 0 Å². The lowest BCUT2D eigenvalue weighted by Crippen LogP contribution is -2.24. The molecule has 1 rings (SSSR count). The van der Waals surface area contributed by atoms with E-state index in [0.717, 1.165) is 0 Å². The van der Waals surface area contributed by atoms with Crippen molar-refractivity contribution in [2.75, 3.05) is 13.2 Å². The van der Waals surface area contributed by atoms with Gasteiger partial charge in [-0.15, -0.1) is 0 Å². The lowest BCUT2D eigenvalue weighted by atomic mass is 10.1. The van der Waals surface area contributed by atoms with E-state index in [9.17, 15) is 14.9 Å². The largest absolute Gasteiger partial charge is 0.372 e. The SMILES string of the molecule is CCOCC(=O)N/N=C(\C)c1cccc([N+](=O)[O-])c1. The molecule has 1 aromatic carbocycles. The number of benzene rings is 1. The number of ether oxygens (including phenoxy) is 1. The average molecular weight is 265 g/mol. The van der Waals surface area contributed by atoms with Crippen LogP contribution in [0.2, 0.25) is 0 Å². The first-order valence-corrected chi connectivity index (χ1v) is 5.70. The van der Waals surface area contributed by atoms with E-state index in [1.807, 2.05) is 0 Å². The van der Waals surface area contributed by atoms with Gasteiger partial charge in [-0.25, -0.2) is 5.43 Å². The van der Waals surface area contributed by atoms with E-state index >= 15 is 0 Å². The third-order valence-corrected chi connectivity index (χ3v) is 2.26. The molecule has 0 aromatic heterocycles. The number of nitro groups is 1. The zero-order chi connectivity index (χ0) is 14.3. The lowest BCUT2D eigenvalue weighted by Gasteiger charge is -2.03. The van der Waals surface area contributed by atoms with Gasteiger partial charge < -0.3 is 4.74 Å². The van der Waals surface area contributed by atoms with Crippen molar-refractivity contribution in [2.45, 2.75) is 13.8 Å². The van der Waals surface area contributed by atoms with Crippen molar-refractivity contribution in [1.82, 2.24) is 5.43 Å². The van der Waals surface area contributed by atoms with Crippen molar-refractivity contribution in [3.63, 3.8) is 0 Å². The van der Waals surface area contributed by atoms with Crippen LogP contribution in [-0.2, 0) is 9.53 Å². The Morgan fingerprint density at radius 2 is 2.26 bits per heavy atom. The van der Waals surface area contributed by atoms with Crippen LogP contribution >= 0.6 is 0 Å². The fourth-order valence-corrected chi connectivity index (χ4v) is 1.28. The summed E-state index contributed by atoms with van der Waals surface area (Å²) in [6, 6.07) is 6.03. The second kappa shape index (κ2) is 7.22.